The van der Waals surface area contributed by atoms with Crippen LogP contribution in [0.2, 0.25) is 0 Å². The Bertz CT molecular complexity index is 1430. The molecule has 0 radical (unpaired) electrons. The van der Waals surface area contributed by atoms with E-state index in [1.165, 1.54) is 0 Å². The van der Waals surface area contributed by atoms with Crippen LogP contribution < -0.4 is 24.3 Å². The van der Waals surface area contributed by atoms with Gasteiger partial charge in [-0.15, -0.1) is 0 Å². The number of aromatic nitrogens is 3. The third kappa shape index (κ3) is 3.37. The van der Waals surface area contributed by atoms with E-state index in [0.29, 0.717) is 17.4 Å². The molecular formula is C27H24N4O4. The van der Waals surface area contributed by atoms with Crippen LogP contribution in [0.3, 0.4) is 0 Å². The fraction of sp³-hybridized carbons (Fsp3) is 0.185. The van der Waals surface area contributed by atoms with Crippen molar-refractivity contribution in [1.82, 2.24) is 14.8 Å². The van der Waals surface area contributed by atoms with Crippen LogP contribution in [0.15, 0.2) is 78.6 Å². The first-order valence-electron chi connectivity index (χ1n) is 11.2. The van der Waals surface area contributed by atoms with Crippen LogP contribution in [0.5, 0.6) is 23.0 Å². The van der Waals surface area contributed by atoms with Gasteiger partial charge >= 0.3 is 0 Å². The van der Waals surface area contributed by atoms with Crippen molar-refractivity contribution in [3.05, 3.63) is 95.3 Å². The second-order valence-corrected chi connectivity index (χ2v) is 8.27. The monoisotopic (exact) mass is 468 g/mol. The summed E-state index contributed by atoms with van der Waals surface area (Å²) in [5.41, 5.74) is 4.95. The summed E-state index contributed by atoms with van der Waals surface area (Å²) in [4.78, 5) is 4.49. The SMILES string of the molecule is COc1ccc([C@@H]2Oc3ccccc3C3=C2[C@H](c2ccc(OC)c(OC)c2)n2ncnc2N3)cc1. The van der Waals surface area contributed by atoms with Gasteiger partial charge in [0, 0.05) is 11.1 Å². The molecule has 0 amide bonds. The molecule has 176 valence electrons. The van der Waals surface area contributed by atoms with Crippen molar-refractivity contribution < 1.29 is 18.9 Å². The molecule has 3 aromatic carbocycles. The molecule has 8 nitrogen and oxygen atoms in total. The highest BCUT2D eigenvalue weighted by Crippen LogP contribution is 2.51. The maximum absolute atomic E-state index is 6.65. The minimum absolute atomic E-state index is 0.288. The highest BCUT2D eigenvalue weighted by molar-refractivity contribution is 5.85. The summed E-state index contributed by atoms with van der Waals surface area (Å²) in [6, 6.07) is 21.6. The molecule has 3 heterocycles. The molecule has 35 heavy (non-hydrogen) atoms. The van der Waals surface area contributed by atoms with Crippen molar-refractivity contribution >= 4 is 11.6 Å². The number of para-hydroxylation sites is 1. The zero-order chi connectivity index (χ0) is 23.9. The normalized spacial score (nSPS) is 17.9. The second kappa shape index (κ2) is 8.39. The molecule has 0 spiro atoms. The van der Waals surface area contributed by atoms with E-state index in [1.54, 1.807) is 27.7 Å². The Balaban J connectivity index is 1.59. The molecule has 1 aromatic heterocycles. The zero-order valence-corrected chi connectivity index (χ0v) is 19.6. The average molecular weight is 469 g/mol. The minimum Gasteiger partial charge on any atom is -0.497 e. The molecule has 4 aromatic rings. The van der Waals surface area contributed by atoms with E-state index in [1.807, 2.05) is 65.3 Å². The van der Waals surface area contributed by atoms with Crippen LogP contribution in [-0.4, -0.2) is 36.1 Å². The predicted octanol–water partition coefficient (Wildman–Crippen LogP) is 4.86. The Labute approximate surface area is 202 Å². The van der Waals surface area contributed by atoms with Gasteiger partial charge in [0.1, 0.15) is 30.0 Å². The van der Waals surface area contributed by atoms with Crippen molar-refractivity contribution in [1.29, 1.82) is 0 Å². The molecule has 0 aliphatic carbocycles. The molecule has 2 atom stereocenters. The first-order chi connectivity index (χ1) is 17.2. The minimum atomic E-state index is -0.367. The van der Waals surface area contributed by atoms with Crippen LogP contribution >= 0.6 is 0 Å². The number of anilines is 1. The number of hydrogen-bond donors (Lipinski definition) is 1. The second-order valence-electron chi connectivity index (χ2n) is 8.27. The van der Waals surface area contributed by atoms with Crippen LogP contribution in [-0.2, 0) is 0 Å². The maximum atomic E-state index is 6.65. The van der Waals surface area contributed by atoms with Gasteiger partial charge in [0.15, 0.2) is 11.5 Å². The van der Waals surface area contributed by atoms with Crippen molar-refractivity contribution in [2.75, 3.05) is 26.6 Å². The zero-order valence-electron chi connectivity index (χ0n) is 19.6. The fourth-order valence-electron chi connectivity index (χ4n) is 4.81. The molecule has 2 aliphatic rings. The van der Waals surface area contributed by atoms with E-state index in [0.717, 1.165) is 39.5 Å². The van der Waals surface area contributed by atoms with Gasteiger partial charge < -0.3 is 24.3 Å². The van der Waals surface area contributed by atoms with Crippen molar-refractivity contribution in [3.63, 3.8) is 0 Å². The van der Waals surface area contributed by atoms with Gasteiger partial charge in [-0.2, -0.15) is 10.1 Å². The fourth-order valence-corrected chi connectivity index (χ4v) is 4.81. The third-order valence-corrected chi connectivity index (χ3v) is 6.46. The quantitative estimate of drug-likeness (QED) is 0.448. The van der Waals surface area contributed by atoms with Gasteiger partial charge in [-0.25, -0.2) is 4.68 Å². The van der Waals surface area contributed by atoms with Gasteiger partial charge in [0.25, 0.3) is 0 Å². The topological polar surface area (TPSA) is 79.7 Å². The number of nitrogens with zero attached hydrogens (tertiary/aromatic N) is 3. The summed E-state index contributed by atoms with van der Waals surface area (Å²) < 4.78 is 25.0. The number of nitrogens with one attached hydrogen (secondary N) is 1. The van der Waals surface area contributed by atoms with Gasteiger partial charge in [0.2, 0.25) is 5.95 Å². The summed E-state index contributed by atoms with van der Waals surface area (Å²) in [6.45, 7) is 0. The first-order valence-corrected chi connectivity index (χ1v) is 11.2. The van der Waals surface area contributed by atoms with Gasteiger partial charge in [-0.05, 0) is 47.5 Å². The number of rotatable bonds is 5. The molecule has 1 N–H and O–H groups in total. The lowest BCUT2D eigenvalue weighted by molar-refractivity contribution is 0.223. The van der Waals surface area contributed by atoms with Crippen molar-refractivity contribution in [2.24, 2.45) is 0 Å². The summed E-state index contributed by atoms with van der Waals surface area (Å²) in [5.74, 6) is 3.56. The molecule has 0 unspecified atom stereocenters. The maximum Gasteiger partial charge on any atom is 0.226 e. The summed E-state index contributed by atoms with van der Waals surface area (Å²) in [6.07, 6.45) is 1.19. The number of methoxy groups -OCH3 is 3. The van der Waals surface area contributed by atoms with Gasteiger partial charge in [0.05, 0.1) is 27.0 Å². The standard InChI is InChI=1S/C27H24N4O4/c1-32-18-11-8-16(9-12-18)26-23-24(19-6-4-5-7-20(19)35-26)30-27-28-15-29-31(27)25(23)17-10-13-21(33-2)22(14-17)34-3/h4-15,25-26H,1-3H3,(H,28,29,30)/t25-,26-/m0/s1. The number of hydrogen-bond acceptors (Lipinski definition) is 7. The van der Waals surface area contributed by atoms with E-state index in [9.17, 15) is 0 Å². The summed E-state index contributed by atoms with van der Waals surface area (Å²) in [7, 11) is 4.92. The summed E-state index contributed by atoms with van der Waals surface area (Å²) in [5, 5.41) is 8.09. The molecular weight excluding hydrogens is 444 g/mol. The van der Waals surface area contributed by atoms with Crippen LogP contribution in [0.1, 0.15) is 28.8 Å². The Morgan fingerprint density at radius 2 is 1.63 bits per heavy atom. The van der Waals surface area contributed by atoms with Crippen LogP contribution in [0.25, 0.3) is 5.70 Å². The van der Waals surface area contributed by atoms with E-state index in [2.05, 4.69) is 21.5 Å². The average Bonchev–Trinajstić information content (AvgIpc) is 3.39. The smallest absolute Gasteiger partial charge is 0.226 e. The van der Waals surface area contributed by atoms with Crippen LogP contribution in [0.4, 0.5) is 5.95 Å². The lowest BCUT2D eigenvalue weighted by Gasteiger charge is -2.39. The highest BCUT2D eigenvalue weighted by Gasteiger charge is 2.41. The van der Waals surface area contributed by atoms with Gasteiger partial charge in [-0.3, -0.25) is 0 Å². The third-order valence-electron chi connectivity index (χ3n) is 6.46. The van der Waals surface area contributed by atoms with E-state index in [-0.39, 0.29) is 12.1 Å². The lowest BCUT2D eigenvalue weighted by atomic mass is 9.84. The van der Waals surface area contributed by atoms with Crippen LogP contribution in [0, 0.1) is 0 Å². The number of fused-ring (bicyclic) bond motifs is 3. The molecule has 8 heteroatoms. The first kappa shape index (κ1) is 21.1. The molecule has 2 aliphatic heterocycles. The molecule has 0 fully saturated rings. The largest absolute Gasteiger partial charge is 0.497 e. The molecule has 0 bridgehead atoms. The van der Waals surface area contributed by atoms with E-state index >= 15 is 0 Å². The van der Waals surface area contributed by atoms with E-state index < -0.39 is 0 Å². The summed E-state index contributed by atoms with van der Waals surface area (Å²) >= 11 is 0. The number of ether oxygens (including phenoxy) is 4. The Morgan fingerprint density at radius 3 is 2.40 bits per heavy atom. The highest BCUT2D eigenvalue weighted by atomic mass is 16.5. The molecule has 0 saturated carbocycles. The molecule has 0 saturated heterocycles. The predicted molar refractivity (Wildman–Crippen MR) is 131 cm³/mol. The van der Waals surface area contributed by atoms with Gasteiger partial charge in [-0.1, -0.05) is 30.3 Å². The molecule has 6 rings (SSSR count). The van der Waals surface area contributed by atoms with Crippen molar-refractivity contribution in [2.45, 2.75) is 12.1 Å². The Morgan fingerprint density at radius 1 is 0.857 bits per heavy atom. The number of benzene rings is 3. The van der Waals surface area contributed by atoms with Crippen molar-refractivity contribution in [3.8, 4) is 23.0 Å². The Kier molecular flexibility index (Phi) is 5.06. The Hall–Kier alpha value is -4.46. The lowest BCUT2D eigenvalue weighted by Crippen LogP contribution is -2.32. The van der Waals surface area contributed by atoms with E-state index in [4.69, 9.17) is 18.9 Å².